The highest BCUT2D eigenvalue weighted by molar-refractivity contribution is 6.27. The Hall–Kier alpha value is -2.87. The zero-order chi connectivity index (χ0) is 22.5. The second kappa shape index (κ2) is 9.96. The van der Waals surface area contributed by atoms with Crippen molar-refractivity contribution < 1.29 is 24.6 Å². The number of likely N-dealkylation sites (N-methyl/N-ethyl adjacent to an activating group) is 1. The number of hydrogen-bond donors (Lipinski definition) is 4. The predicted octanol–water partition coefficient (Wildman–Crippen LogP) is 2.80. The normalized spacial score (nSPS) is 18.0. The molecule has 0 saturated heterocycles. The van der Waals surface area contributed by atoms with Crippen molar-refractivity contribution in [3.05, 3.63) is 35.0 Å². The standard InChI is InChI=1S/C21H29N3O.C2H2O4/c1-3-24(4-2)16-9-11-20-18(13-16)17-12-14(8-10-19(17)23-20)21(25)22-15-6-5-7-15;3-1(4)2(5)6/h8,10,12,15-16,23H,3-7,9,11,13H2,1-2H3,(H,22,25);(H,3,4)(H,5,6). The number of nitrogens with zero attached hydrogens (tertiary/aromatic N) is 1. The molecule has 8 heteroatoms. The molecule has 0 bridgehead atoms. The maximum Gasteiger partial charge on any atom is 0.414 e. The number of benzene rings is 1. The number of aromatic nitrogens is 1. The van der Waals surface area contributed by atoms with Crippen LogP contribution in [0.15, 0.2) is 18.2 Å². The molecule has 1 aromatic heterocycles. The number of aliphatic carboxylic acids is 2. The third-order valence-corrected chi connectivity index (χ3v) is 6.38. The predicted molar refractivity (Wildman–Crippen MR) is 117 cm³/mol. The van der Waals surface area contributed by atoms with E-state index in [0.29, 0.717) is 12.1 Å². The Morgan fingerprint density at radius 3 is 2.32 bits per heavy atom. The summed E-state index contributed by atoms with van der Waals surface area (Å²) < 4.78 is 0. The van der Waals surface area contributed by atoms with Gasteiger partial charge in [0, 0.05) is 34.2 Å². The van der Waals surface area contributed by atoms with Crippen LogP contribution in [-0.4, -0.2) is 63.1 Å². The van der Waals surface area contributed by atoms with Crippen LogP contribution in [0.5, 0.6) is 0 Å². The van der Waals surface area contributed by atoms with Crippen LogP contribution in [0.1, 0.15) is 61.1 Å². The fourth-order valence-corrected chi connectivity index (χ4v) is 4.41. The molecule has 2 aliphatic rings. The van der Waals surface area contributed by atoms with Crippen LogP contribution in [-0.2, 0) is 22.4 Å². The fourth-order valence-electron chi connectivity index (χ4n) is 4.41. The number of nitrogens with one attached hydrogen (secondary N) is 2. The molecular formula is C23H31N3O5. The second-order valence-corrected chi connectivity index (χ2v) is 8.17. The minimum Gasteiger partial charge on any atom is -0.473 e. The van der Waals surface area contributed by atoms with Gasteiger partial charge in [0.2, 0.25) is 0 Å². The van der Waals surface area contributed by atoms with Crippen LogP contribution in [0, 0.1) is 0 Å². The van der Waals surface area contributed by atoms with Gasteiger partial charge in [-0.25, -0.2) is 9.59 Å². The van der Waals surface area contributed by atoms with Crippen LogP contribution in [0.2, 0.25) is 0 Å². The van der Waals surface area contributed by atoms with E-state index in [-0.39, 0.29) is 5.91 Å². The van der Waals surface area contributed by atoms with Crippen molar-refractivity contribution in [2.24, 2.45) is 0 Å². The highest BCUT2D eigenvalue weighted by Crippen LogP contribution is 2.31. The number of H-pyrrole nitrogens is 1. The van der Waals surface area contributed by atoms with E-state index in [0.717, 1.165) is 44.3 Å². The molecule has 0 spiro atoms. The fraction of sp³-hybridized carbons (Fsp3) is 0.522. The van der Waals surface area contributed by atoms with Crippen LogP contribution >= 0.6 is 0 Å². The first-order valence-corrected chi connectivity index (χ1v) is 11.0. The molecule has 8 nitrogen and oxygen atoms in total. The molecule has 1 fully saturated rings. The maximum absolute atomic E-state index is 12.5. The van der Waals surface area contributed by atoms with Gasteiger partial charge in [0.25, 0.3) is 5.91 Å². The van der Waals surface area contributed by atoms with Crippen molar-refractivity contribution in [3.8, 4) is 0 Å². The Bertz CT molecular complexity index is 948. The number of hydrogen-bond acceptors (Lipinski definition) is 4. The Morgan fingerprint density at radius 1 is 1.10 bits per heavy atom. The summed E-state index contributed by atoms with van der Waals surface area (Å²) >= 11 is 0. The molecule has 2 aliphatic carbocycles. The van der Waals surface area contributed by atoms with Gasteiger partial charge < -0.3 is 25.4 Å². The molecule has 168 valence electrons. The molecule has 0 radical (unpaired) electrons. The summed E-state index contributed by atoms with van der Waals surface area (Å²) in [5, 5.41) is 19.2. The van der Waals surface area contributed by atoms with E-state index in [2.05, 4.69) is 41.2 Å². The summed E-state index contributed by atoms with van der Waals surface area (Å²) in [6.07, 6.45) is 6.90. The second-order valence-electron chi connectivity index (χ2n) is 8.17. The van der Waals surface area contributed by atoms with Gasteiger partial charge in [0.1, 0.15) is 0 Å². The van der Waals surface area contributed by atoms with Crippen molar-refractivity contribution in [1.29, 1.82) is 0 Å². The average Bonchev–Trinajstić information content (AvgIpc) is 3.09. The molecule has 1 amide bonds. The molecule has 4 N–H and O–H groups in total. The van der Waals surface area contributed by atoms with E-state index in [1.165, 1.54) is 35.0 Å². The monoisotopic (exact) mass is 429 g/mol. The smallest absolute Gasteiger partial charge is 0.414 e. The average molecular weight is 430 g/mol. The molecule has 1 saturated carbocycles. The van der Waals surface area contributed by atoms with E-state index in [4.69, 9.17) is 19.8 Å². The number of aromatic amines is 1. The van der Waals surface area contributed by atoms with Crippen LogP contribution in [0.4, 0.5) is 0 Å². The minimum atomic E-state index is -1.82. The van der Waals surface area contributed by atoms with E-state index >= 15 is 0 Å². The summed E-state index contributed by atoms with van der Waals surface area (Å²) in [7, 11) is 0. The quantitative estimate of drug-likeness (QED) is 0.542. The van der Waals surface area contributed by atoms with Gasteiger partial charge >= 0.3 is 11.9 Å². The molecule has 1 aromatic carbocycles. The molecular weight excluding hydrogens is 398 g/mol. The molecule has 1 unspecified atom stereocenters. The third kappa shape index (κ3) is 5.25. The van der Waals surface area contributed by atoms with Crippen molar-refractivity contribution in [2.75, 3.05) is 13.1 Å². The minimum absolute atomic E-state index is 0.0812. The highest BCUT2D eigenvalue weighted by Gasteiger charge is 2.26. The van der Waals surface area contributed by atoms with Gasteiger partial charge in [-0.1, -0.05) is 13.8 Å². The van der Waals surface area contributed by atoms with Gasteiger partial charge in [-0.05, 0) is 75.4 Å². The molecule has 4 rings (SSSR count). The lowest BCUT2D eigenvalue weighted by Crippen LogP contribution is -2.39. The van der Waals surface area contributed by atoms with Gasteiger partial charge in [-0.3, -0.25) is 4.79 Å². The van der Waals surface area contributed by atoms with Gasteiger partial charge in [0.15, 0.2) is 0 Å². The number of carboxylic acid groups (broad SMARTS) is 2. The lowest BCUT2D eigenvalue weighted by atomic mass is 9.90. The molecule has 1 heterocycles. The molecule has 1 atom stereocenters. The Balaban J connectivity index is 0.000000401. The topological polar surface area (TPSA) is 123 Å². The molecule has 2 aromatic rings. The maximum atomic E-state index is 12.5. The van der Waals surface area contributed by atoms with E-state index in [1.54, 1.807) is 0 Å². The first-order valence-electron chi connectivity index (χ1n) is 11.0. The largest absolute Gasteiger partial charge is 0.473 e. The number of aryl methyl sites for hydroxylation is 1. The number of carboxylic acids is 2. The van der Waals surface area contributed by atoms with E-state index < -0.39 is 11.9 Å². The summed E-state index contributed by atoms with van der Waals surface area (Å²) in [5.41, 5.74) is 4.77. The van der Waals surface area contributed by atoms with E-state index in [9.17, 15) is 4.79 Å². The Morgan fingerprint density at radius 2 is 1.77 bits per heavy atom. The third-order valence-electron chi connectivity index (χ3n) is 6.38. The zero-order valence-electron chi connectivity index (χ0n) is 18.1. The van der Waals surface area contributed by atoms with Crippen LogP contribution in [0.25, 0.3) is 10.9 Å². The van der Waals surface area contributed by atoms with Gasteiger partial charge in [-0.2, -0.15) is 0 Å². The van der Waals surface area contributed by atoms with Crippen LogP contribution < -0.4 is 5.32 Å². The Labute approximate surface area is 181 Å². The zero-order valence-corrected chi connectivity index (χ0v) is 18.1. The number of carbonyl (C=O) groups is 3. The lowest BCUT2D eigenvalue weighted by molar-refractivity contribution is -0.159. The number of amides is 1. The van der Waals surface area contributed by atoms with Crippen molar-refractivity contribution in [2.45, 2.75) is 64.5 Å². The highest BCUT2D eigenvalue weighted by atomic mass is 16.4. The summed E-state index contributed by atoms with van der Waals surface area (Å²) in [6.45, 7) is 6.70. The first kappa shape index (κ1) is 22.8. The van der Waals surface area contributed by atoms with Gasteiger partial charge in [0.05, 0.1) is 0 Å². The number of carbonyl (C=O) groups excluding carboxylic acids is 1. The van der Waals surface area contributed by atoms with Crippen LogP contribution in [0.3, 0.4) is 0 Å². The number of fused-ring (bicyclic) bond motifs is 3. The Kier molecular flexibility index (Phi) is 7.33. The van der Waals surface area contributed by atoms with Crippen molar-refractivity contribution >= 4 is 28.7 Å². The summed E-state index contributed by atoms with van der Waals surface area (Å²) in [4.78, 5) is 36.9. The summed E-state index contributed by atoms with van der Waals surface area (Å²) in [6, 6.07) is 7.14. The van der Waals surface area contributed by atoms with Gasteiger partial charge in [-0.15, -0.1) is 0 Å². The lowest BCUT2D eigenvalue weighted by Gasteiger charge is -2.32. The molecule has 0 aliphatic heterocycles. The van der Waals surface area contributed by atoms with E-state index in [1.807, 2.05) is 6.07 Å². The summed E-state index contributed by atoms with van der Waals surface area (Å²) in [5.74, 6) is -3.57. The SMILES string of the molecule is CCN(CC)C1CCc2[nH]c3ccc(C(=O)NC4CCC4)cc3c2C1.O=C(O)C(=O)O. The van der Waals surface area contributed by atoms with Crippen molar-refractivity contribution in [1.82, 2.24) is 15.2 Å². The van der Waals surface area contributed by atoms with Crippen molar-refractivity contribution in [3.63, 3.8) is 0 Å². The number of rotatable bonds is 5. The first-order chi connectivity index (χ1) is 14.8. The molecule has 31 heavy (non-hydrogen) atoms.